The summed E-state index contributed by atoms with van der Waals surface area (Å²) in [5.74, 6) is 0.620. The lowest BCUT2D eigenvalue weighted by molar-refractivity contribution is 0.112. The Morgan fingerprint density at radius 1 is 1.40 bits per heavy atom. The maximum Gasteiger partial charge on any atom is 0.158 e. The molecule has 2 aromatic heterocycles. The van der Waals surface area contributed by atoms with Gasteiger partial charge in [-0.2, -0.15) is 5.26 Å². The minimum Gasteiger partial charge on any atom is -0.298 e. The van der Waals surface area contributed by atoms with E-state index in [2.05, 4.69) is 9.97 Å². The standard InChI is InChI=1S/C10H6N4O/c11-3-9-5-14(7-13-9)10-2-1-8(6-15)4-12-10/h1-2,4-7H. The second-order valence-corrected chi connectivity index (χ2v) is 2.85. The summed E-state index contributed by atoms with van der Waals surface area (Å²) in [5.41, 5.74) is 0.843. The number of imidazole rings is 1. The van der Waals surface area contributed by atoms with Crippen LogP contribution in [0.3, 0.4) is 0 Å². The molecule has 0 bridgehead atoms. The van der Waals surface area contributed by atoms with Crippen LogP contribution in [0.1, 0.15) is 16.1 Å². The first-order chi connectivity index (χ1) is 7.33. The van der Waals surface area contributed by atoms with E-state index in [0.717, 1.165) is 6.29 Å². The highest BCUT2D eigenvalue weighted by Crippen LogP contribution is 2.05. The number of nitriles is 1. The van der Waals surface area contributed by atoms with Crippen molar-refractivity contribution < 1.29 is 4.79 Å². The first-order valence-electron chi connectivity index (χ1n) is 4.19. The van der Waals surface area contributed by atoms with Crippen molar-refractivity contribution >= 4 is 6.29 Å². The Morgan fingerprint density at radius 3 is 2.80 bits per heavy atom. The average molecular weight is 198 g/mol. The van der Waals surface area contributed by atoms with E-state index in [4.69, 9.17) is 5.26 Å². The molecule has 0 radical (unpaired) electrons. The van der Waals surface area contributed by atoms with Crippen LogP contribution >= 0.6 is 0 Å². The largest absolute Gasteiger partial charge is 0.298 e. The highest BCUT2D eigenvalue weighted by atomic mass is 16.1. The van der Waals surface area contributed by atoms with Gasteiger partial charge in [-0.15, -0.1) is 0 Å². The fraction of sp³-hybridized carbons (Fsp3) is 0. The minimum absolute atomic E-state index is 0.330. The van der Waals surface area contributed by atoms with Gasteiger partial charge < -0.3 is 0 Å². The van der Waals surface area contributed by atoms with Gasteiger partial charge in [0.15, 0.2) is 12.0 Å². The van der Waals surface area contributed by atoms with Crippen LogP contribution in [0.25, 0.3) is 5.82 Å². The smallest absolute Gasteiger partial charge is 0.158 e. The number of rotatable bonds is 2. The molecule has 0 unspecified atom stereocenters. The summed E-state index contributed by atoms with van der Waals surface area (Å²) in [6.45, 7) is 0. The Hall–Kier alpha value is -2.48. The van der Waals surface area contributed by atoms with E-state index in [1.807, 2.05) is 6.07 Å². The number of aromatic nitrogens is 3. The summed E-state index contributed by atoms with van der Waals surface area (Å²) in [7, 11) is 0. The van der Waals surface area contributed by atoms with Crippen LogP contribution in [0.2, 0.25) is 0 Å². The molecule has 72 valence electrons. The van der Waals surface area contributed by atoms with Crippen LogP contribution in [0.4, 0.5) is 0 Å². The third-order valence-electron chi connectivity index (χ3n) is 1.87. The number of carbonyl (C=O) groups excluding carboxylic acids is 1. The predicted octanol–water partition coefficient (Wildman–Crippen LogP) is 0.951. The van der Waals surface area contributed by atoms with Crippen molar-refractivity contribution in [3.8, 4) is 11.9 Å². The van der Waals surface area contributed by atoms with Gasteiger partial charge in [-0.3, -0.25) is 9.36 Å². The number of carbonyl (C=O) groups is 1. The zero-order valence-corrected chi connectivity index (χ0v) is 7.66. The van der Waals surface area contributed by atoms with Crippen LogP contribution in [0, 0.1) is 11.3 Å². The minimum atomic E-state index is 0.330. The zero-order chi connectivity index (χ0) is 10.7. The molecule has 0 aliphatic carbocycles. The molecule has 15 heavy (non-hydrogen) atoms. The van der Waals surface area contributed by atoms with Crippen molar-refractivity contribution in [2.75, 3.05) is 0 Å². The maximum absolute atomic E-state index is 10.4. The molecular formula is C10H6N4O. The molecule has 0 N–H and O–H groups in total. The summed E-state index contributed by atoms with van der Waals surface area (Å²) in [6, 6.07) is 5.26. The molecule has 0 saturated heterocycles. The highest BCUT2D eigenvalue weighted by Gasteiger charge is 2.00. The van der Waals surface area contributed by atoms with Crippen molar-refractivity contribution in [2.24, 2.45) is 0 Å². The lowest BCUT2D eigenvalue weighted by atomic mass is 10.3. The third kappa shape index (κ3) is 1.74. The molecule has 5 nitrogen and oxygen atoms in total. The van der Waals surface area contributed by atoms with E-state index in [1.54, 1.807) is 22.9 Å². The van der Waals surface area contributed by atoms with Gasteiger partial charge in [0.2, 0.25) is 0 Å². The first-order valence-corrected chi connectivity index (χ1v) is 4.19. The third-order valence-corrected chi connectivity index (χ3v) is 1.87. The summed E-state index contributed by atoms with van der Waals surface area (Å²) in [4.78, 5) is 18.3. The van der Waals surface area contributed by atoms with Gasteiger partial charge in [-0.05, 0) is 12.1 Å². The van der Waals surface area contributed by atoms with E-state index in [9.17, 15) is 4.79 Å². The normalized spacial score (nSPS) is 9.53. The number of pyridine rings is 1. The fourth-order valence-corrected chi connectivity index (χ4v) is 1.13. The Kier molecular flexibility index (Phi) is 2.25. The summed E-state index contributed by atoms with van der Waals surface area (Å²) in [6.07, 6.45) is 5.27. The average Bonchev–Trinajstić information content (AvgIpc) is 2.78. The summed E-state index contributed by atoms with van der Waals surface area (Å²) >= 11 is 0. The molecule has 0 aliphatic heterocycles. The first kappa shape index (κ1) is 9.09. The van der Waals surface area contributed by atoms with Crippen molar-refractivity contribution in [3.05, 3.63) is 42.1 Å². The van der Waals surface area contributed by atoms with Gasteiger partial charge >= 0.3 is 0 Å². The molecule has 0 atom stereocenters. The van der Waals surface area contributed by atoms with Crippen LogP contribution in [0.5, 0.6) is 0 Å². The maximum atomic E-state index is 10.4. The van der Waals surface area contributed by atoms with Crippen LogP contribution in [-0.4, -0.2) is 20.8 Å². The highest BCUT2D eigenvalue weighted by molar-refractivity contribution is 5.74. The zero-order valence-electron chi connectivity index (χ0n) is 7.66. The summed E-state index contributed by atoms with van der Waals surface area (Å²) < 4.78 is 1.62. The lowest BCUT2D eigenvalue weighted by Crippen LogP contribution is -1.94. The SMILES string of the molecule is N#Cc1cn(-c2ccc(C=O)cn2)cn1. The monoisotopic (exact) mass is 198 g/mol. The number of nitrogens with zero attached hydrogens (tertiary/aromatic N) is 4. The lowest BCUT2D eigenvalue weighted by Gasteiger charge is -1.99. The van der Waals surface area contributed by atoms with Crippen LogP contribution in [-0.2, 0) is 0 Å². The molecule has 5 heteroatoms. The van der Waals surface area contributed by atoms with Crippen LogP contribution < -0.4 is 0 Å². The predicted molar refractivity (Wildman–Crippen MR) is 51.5 cm³/mol. The van der Waals surface area contributed by atoms with Gasteiger partial charge in [0.1, 0.15) is 18.2 Å². The van der Waals surface area contributed by atoms with E-state index in [-0.39, 0.29) is 0 Å². The van der Waals surface area contributed by atoms with E-state index in [1.165, 1.54) is 12.5 Å². The Morgan fingerprint density at radius 2 is 2.27 bits per heavy atom. The van der Waals surface area contributed by atoms with Gasteiger partial charge in [0, 0.05) is 18.0 Å². The van der Waals surface area contributed by atoms with Gasteiger partial charge in [-0.25, -0.2) is 9.97 Å². The second kappa shape index (κ2) is 3.72. The quantitative estimate of drug-likeness (QED) is 0.673. The Bertz CT molecular complexity index is 521. The van der Waals surface area contributed by atoms with Gasteiger partial charge in [0.25, 0.3) is 0 Å². The molecule has 0 saturated carbocycles. The van der Waals surface area contributed by atoms with Crippen molar-refractivity contribution in [2.45, 2.75) is 0 Å². The number of hydrogen-bond acceptors (Lipinski definition) is 4. The molecule has 0 fully saturated rings. The van der Waals surface area contributed by atoms with Gasteiger partial charge in [0.05, 0.1) is 0 Å². The van der Waals surface area contributed by atoms with E-state index in [0.29, 0.717) is 17.1 Å². The van der Waals surface area contributed by atoms with Crippen LogP contribution in [0.15, 0.2) is 30.9 Å². The number of hydrogen-bond donors (Lipinski definition) is 0. The van der Waals surface area contributed by atoms with Crippen molar-refractivity contribution in [3.63, 3.8) is 0 Å². The molecule has 0 aliphatic rings. The fourth-order valence-electron chi connectivity index (χ4n) is 1.13. The molecule has 2 rings (SSSR count). The topological polar surface area (TPSA) is 71.6 Å². The van der Waals surface area contributed by atoms with E-state index < -0.39 is 0 Å². The molecule has 0 aromatic carbocycles. The number of aldehydes is 1. The summed E-state index contributed by atoms with van der Waals surface area (Å²) in [5, 5.41) is 8.59. The molecule has 0 spiro atoms. The van der Waals surface area contributed by atoms with E-state index >= 15 is 0 Å². The Labute approximate surface area is 85.6 Å². The molecular weight excluding hydrogens is 192 g/mol. The van der Waals surface area contributed by atoms with Gasteiger partial charge in [-0.1, -0.05) is 0 Å². The van der Waals surface area contributed by atoms with Crippen molar-refractivity contribution in [1.29, 1.82) is 5.26 Å². The molecule has 0 amide bonds. The molecule has 2 aromatic rings. The van der Waals surface area contributed by atoms with Crippen molar-refractivity contribution in [1.82, 2.24) is 14.5 Å². The molecule has 2 heterocycles. The second-order valence-electron chi connectivity index (χ2n) is 2.85. The Balaban J connectivity index is 2.37.